The normalized spacial score (nSPS) is 19.3. The van der Waals surface area contributed by atoms with E-state index in [1.54, 1.807) is 11.6 Å². The lowest BCUT2D eigenvalue weighted by Crippen LogP contribution is -2.57. The lowest BCUT2D eigenvalue weighted by Gasteiger charge is -2.42. The number of piperidine rings is 1. The van der Waals surface area contributed by atoms with Crippen LogP contribution >= 0.6 is 0 Å². The number of rotatable bonds is 4. The number of nitrogens with zero attached hydrogens (tertiary/aromatic N) is 9. The maximum absolute atomic E-state index is 13.1. The fraction of sp³-hybridized carbons (Fsp3) is 0.480. The first-order valence-corrected chi connectivity index (χ1v) is 12.1. The van der Waals surface area contributed by atoms with Crippen molar-refractivity contribution in [2.24, 2.45) is 0 Å². The third kappa shape index (κ3) is 4.34. The van der Waals surface area contributed by atoms with E-state index in [4.69, 9.17) is 10.00 Å². The number of methoxy groups -OCH3 is 1. The summed E-state index contributed by atoms with van der Waals surface area (Å²) in [5.41, 5.74) is 2.94. The van der Waals surface area contributed by atoms with Gasteiger partial charge in [0.15, 0.2) is 0 Å². The summed E-state index contributed by atoms with van der Waals surface area (Å²) in [7, 11) is 3.60. The van der Waals surface area contributed by atoms with Crippen molar-refractivity contribution < 1.29 is 9.53 Å². The Hall–Kier alpha value is -4.09. The maximum atomic E-state index is 13.1. The third-order valence-corrected chi connectivity index (χ3v) is 7.34. The van der Waals surface area contributed by atoms with E-state index in [0.717, 1.165) is 30.5 Å². The van der Waals surface area contributed by atoms with Crippen LogP contribution in [0.4, 0.5) is 4.79 Å². The molecule has 2 fully saturated rings. The number of piperazine rings is 1. The monoisotopic (exact) mass is 487 g/mol. The van der Waals surface area contributed by atoms with Gasteiger partial charge in [0.2, 0.25) is 0 Å². The van der Waals surface area contributed by atoms with E-state index in [0.29, 0.717) is 49.4 Å². The Morgan fingerprint density at radius 3 is 2.61 bits per heavy atom. The number of likely N-dealkylation sites (N-methyl/N-ethyl adjacent to an activating group) is 1. The fourth-order valence-corrected chi connectivity index (χ4v) is 5.13. The molecule has 0 N–H and O–H groups in total. The first-order valence-electron chi connectivity index (χ1n) is 12.1. The van der Waals surface area contributed by atoms with Crippen LogP contribution < -0.4 is 4.74 Å². The molecule has 36 heavy (non-hydrogen) atoms. The number of carbonyl (C=O) groups is 1. The van der Waals surface area contributed by atoms with Crippen molar-refractivity contribution in [1.29, 1.82) is 10.5 Å². The van der Waals surface area contributed by atoms with Gasteiger partial charge in [0.05, 0.1) is 38.0 Å². The van der Waals surface area contributed by atoms with E-state index in [9.17, 15) is 10.1 Å². The molecular formula is C25H29N9O2. The van der Waals surface area contributed by atoms with Crippen molar-refractivity contribution in [3.63, 3.8) is 0 Å². The largest absolute Gasteiger partial charge is 0.494 e. The highest BCUT2D eigenvalue weighted by Crippen LogP contribution is 2.31. The second-order valence-corrected chi connectivity index (χ2v) is 9.41. The van der Waals surface area contributed by atoms with Crippen molar-refractivity contribution in [2.45, 2.75) is 31.3 Å². The first kappa shape index (κ1) is 23.6. The molecule has 0 bridgehead atoms. The lowest BCUT2D eigenvalue weighted by molar-refractivity contribution is 0.0828. The summed E-state index contributed by atoms with van der Waals surface area (Å²) in [5.74, 6) is 0.585. The number of carbonyl (C=O) groups excluding carboxylic acids is 1. The van der Waals surface area contributed by atoms with Crippen molar-refractivity contribution in [1.82, 2.24) is 34.1 Å². The van der Waals surface area contributed by atoms with E-state index < -0.39 is 0 Å². The zero-order chi connectivity index (χ0) is 25.2. The zero-order valence-corrected chi connectivity index (χ0v) is 20.5. The summed E-state index contributed by atoms with van der Waals surface area (Å²) < 4.78 is 9.17. The Labute approximate surface area is 209 Å². The Balaban J connectivity index is 1.24. The molecule has 5 rings (SSSR count). The molecule has 2 aliphatic rings. The molecule has 3 aromatic heterocycles. The minimum atomic E-state index is 0.0713. The van der Waals surface area contributed by atoms with Crippen LogP contribution in [0.25, 0.3) is 16.6 Å². The number of likely N-dealkylation sites (tertiary alicyclic amines) is 1. The van der Waals surface area contributed by atoms with E-state index in [1.807, 2.05) is 46.2 Å². The molecule has 0 saturated carbocycles. The number of aromatic nitrogens is 4. The molecule has 0 aromatic carbocycles. The Morgan fingerprint density at radius 2 is 1.89 bits per heavy atom. The Bertz CT molecular complexity index is 1340. The average molecular weight is 488 g/mol. The number of hydrogen-bond donors (Lipinski definition) is 0. The number of ether oxygens (including phenoxy) is 1. The number of hydrogen-bond acceptors (Lipinski definition) is 7. The van der Waals surface area contributed by atoms with Gasteiger partial charge < -0.3 is 14.5 Å². The summed E-state index contributed by atoms with van der Waals surface area (Å²) in [6.07, 6.45) is 9.34. The number of pyridine rings is 1. The van der Waals surface area contributed by atoms with Crippen LogP contribution in [0.5, 0.6) is 5.75 Å². The molecule has 11 heteroatoms. The van der Waals surface area contributed by atoms with Crippen molar-refractivity contribution in [3.8, 4) is 29.0 Å². The second-order valence-electron chi connectivity index (χ2n) is 9.41. The Kier molecular flexibility index (Phi) is 6.49. The molecule has 1 atom stereocenters. The minimum absolute atomic E-state index is 0.0713. The van der Waals surface area contributed by atoms with Crippen molar-refractivity contribution in [3.05, 3.63) is 36.4 Å². The lowest BCUT2D eigenvalue weighted by atomic mass is 10.1. The molecule has 0 radical (unpaired) electrons. The van der Waals surface area contributed by atoms with Gasteiger partial charge in [-0.3, -0.25) is 9.58 Å². The van der Waals surface area contributed by atoms with Crippen LogP contribution in [-0.2, 0) is 0 Å². The standard InChI is InChI=1S/C25H29N9O2/c1-30-9-10-32(17-22(30)3-6-26)25(35)31-7-4-21(5-8-31)33-16-20(14-28-33)18-11-23(36-2)24-19(12-27)13-29-34(24)15-18/h11,13-16,21-22H,3-5,7-10,17H2,1-2H3. The number of urea groups is 1. The highest BCUT2D eigenvalue weighted by atomic mass is 16.5. The van der Waals surface area contributed by atoms with Crippen LogP contribution in [0, 0.1) is 22.7 Å². The van der Waals surface area contributed by atoms with Gasteiger partial charge in [-0.15, -0.1) is 0 Å². The van der Waals surface area contributed by atoms with Gasteiger partial charge in [-0.2, -0.15) is 20.7 Å². The highest BCUT2D eigenvalue weighted by Gasteiger charge is 2.32. The molecule has 1 unspecified atom stereocenters. The average Bonchev–Trinajstić information content (AvgIpc) is 3.57. The van der Waals surface area contributed by atoms with Crippen LogP contribution in [0.2, 0.25) is 0 Å². The van der Waals surface area contributed by atoms with Crippen LogP contribution in [0.15, 0.2) is 30.9 Å². The summed E-state index contributed by atoms with van der Waals surface area (Å²) in [4.78, 5) is 19.1. The number of nitriles is 2. The molecular weight excluding hydrogens is 458 g/mol. The van der Waals surface area contributed by atoms with E-state index in [-0.39, 0.29) is 18.1 Å². The predicted octanol–water partition coefficient (Wildman–Crippen LogP) is 2.36. The molecule has 2 amide bonds. The topological polar surface area (TPSA) is 119 Å². The Morgan fingerprint density at radius 1 is 1.08 bits per heavy atom. The number of amides is 2. The molecule has 186 valence electrons. The van der Waals surface area contributed by atoms with Crippen LogP contribution in [0.1, 0.15) is 30.9 Å². The third-order valence-electron chi connectivity index (χ3n) is 7.34. The predicted molar refractivity (Wildman–Crippen MR) is 131 cm³/mol. The molecule has 11 nitrogen and oxygen atoms in total. The molecule has 3 aromatic rings. The quantitative estimate of drug-likeness (QED) is 0.554. The van der Waals surface area contributed by atoms with Crippen LogP contribution in [-0.4, -0.2) is 93.0 Å². The first-order chi connectivity index (χ1) is 17.5. The van der Waals surface area contributed by atoms with Gasteiger partial charge in [-0.1, -0.05) is 0 Å². The van der Waals surface area contributed by atoms with E-state index in [1.165, 1.54) is 6.20 Å². The molecule has 2 aliphatic heterocycles. The molecule has 5 heterocycles. The molecule has 2 saturated heterocycles. The fourth-order valence-electron chi connectivity index (χ4n) is 5.13. The van der Waals surface area contributed by atoms with E-state index in [2.05, 4.69) is 27.2 Å². The van der Waals surface area contributed by atoms with Crippen LogP contribution in [0.3, 0.4) is 0 Å². The van der Waals surface area contributed by atoms with Crippen molar-refractivity contribution in [2.75, 3.05) is 46.9 Å². The summed E-state index contributed by atoms with van der Waals surface area (Å²) in [6, 6.07) is 6.66. The van der Waals surface area contributed by atoms with Gasteiger partial charge in [-0.25, -0.2) is 9.31 Å². The van der Waals surface area contributed by atoms with Gasteiger partial charge >= 0.3 is 6.03 Å². The van der Waals surface area contributed by atoms with Gasteiger partial charge in [0.25, 0.3) is 0 Å². The summed E-state index contributed by atoms with van der Waals surface area (Å²) in [5, 5.41) is 27.3. The maximum Gasteiger partial charge on any atom is 0.320 e. The van der Waals surface area contributed by atoms with Crippen molar-refractivity contribution >= 4 is 11.5 Å². The van der Waals surface area contributed by atoms with Gasteiger partial charge in [0, 0.05) is 62.3 Å². The number of fused-ring (bicyclic) bond motifs is 1. The summed E-state index contributed by atoms with van der Waals surface area (Å²) in [6.45, 7) is 3.44. The van der Waals surface area contributed by atoms with Gasteiger partial charge in [0.1, 0.15) is 22.9 Å². The van der Waals surface area contributed by atoms with E-state index >= 15 is 0 Å². The molecule has 0 aliphatic carbocycles. The smallest absolute Gasteiger partial charge is 0.320 e. The highest BCUT2D eigenvalue weighted by molar-refractivity contribution is 5.75. The zero-order valence-electron chi connectivity index (χ0n) is 20.5. The SMILES string of the molecule is COc1cc(-c2cnn(C3CCN(C(=O)N4CCN(C)C(CC#N)C4)CC3)c2)cn2ncc(C#N)c12. The minimum Gasteiger partial charge on any atom is -0.494 e. The second kappa shape index (κ2) is 9.88. The van der Waals surface area contributed by atoms with Gasteiger partial charge in [-0.05, 0) is 26.0 Å². The summed E-state index contributed by atoms with van der Waals surface area (Å²) >= 11 is 0. The molecule has 0 spiro atoms.